The van der Waals surface area contributed by atoms with Crippen LogP contribution in [0.2, 0.25) is 0 Å². The molecule has 0 aliphatic heterocycles. The molecular formula is C14H16N4OS2. The molecule has 7 heteroatoms. The van der Waals surface area contributed by atoms with E-state index in [1.165, 1.54) is 11.3 Å². The molecule has 1 aromatic carbocycles. The van der Waals surface area contributed by atoms with Crippen molar-refractivity contribution in [3.63, 3.8) is 0 Å². The maximum absolute atomic E-state index is 8.75. The van der Waals surface area contributed by atoms with Crippen molar-refractivity contribution in [3.05, 3.63) is 29.8 Å². The highest BCUT2D eigenvalue weighted by Crippen LogP contribution is 2.27. The van der Waals surface area contributed by atoms with Gasteiger partial charge in [0.1, 0.15) is 5.75 Å². The van der Waals surface area contributed by atoms with Crippen LogP contribution in [0.3, 0.4) is 0 Å². The molecule has 0 aliphatic rings. The second-order valence-electron chi connectivity index (χ2n) is 4.42. The van der Waals surface area contributed by atoms with Crippen molar-refractivity contribution in [1.29, 1.82) is 5.26 Å². The van der Waals surface area contributed by atoms with E-state index >= 15 is 0 Å². The summed E-state index contributed by atoms with van der Waals surface area (Å²) in [5.74, 6) is 1.61. The third-order valence-corrected chi connectivity index (χ3v) is 4.96. The van der Waals surface area contributed by atoms with Crippen LogP contribution >= 0.6 is 23.1 Å². The summed E-state index contributed by atoms with van der Waals surface area (Å²) in [5.41, 5.74) is 1.15. The molecule has 5 nitrogen and oxygen atoms in total. The van der Waals surface area contributed by atoms with Crippen LogP contribution in [0.4, 0.5) is 5.13 Å². The Hall–Kier alpha value is -1.78. The molecule has 0 saturated carbocycles. The molecule has 1 aromatic heterocycles. The molecule has 0 bridgehead atoms. The Balaban J connectivity index is 1.83. The summed E-state index contributed by atoms with van der Waals surface area (Å²) in [6, 6.07) is 10.1. The van der Waals surface area contributed by atoms with E-state index in [1.54, 1.807) is 18.9 Å². The largest absolute Gasteiger partial charge is 0.497 e. The Bertz CT molecular complexity index is 606. The van der Waals surface area contributed by atoms with Gasteiger partial charge in [0.25, 0.3) is 0 Å². The van der Waals surface area contributed by atoms with Gasteiger partial charge in [-0.25, -0.2) is 0 Å². The zero-order chi connectivity index (χ0) is 15.1. The zero-order valence-electron chi connectivity index (χ0n) is 11.9. The van der Waals surface area contributed by atoms with E-state index in [4.69, 9.17) is 10.00 Å². The van der Waals surface area contributed by atoms with Gasteiger partial charge < -0.3 is 10.1 Å². The summed E-state index contributed by atoms with van der Waals surface area (Å²) >= 11 is 3.07. The molecule has 0 aliphatic carbocycles. The Morgan fingerprint density at radius 2 is 2.14 bits per heavy atom. The van der Waals surface area contributed by atoms with E-state index in [2.05, 4.69) is 21.6 Å². The van der Waals surface area contributed by atoms with Crippen LogP contribution in [-0.2, 0) is 6.54 Å². The highest BCUT2D eigenvalue weighted by molar-refractivity contribution is 8.01. The summed E-state index contributed by atoms with van der Waals surface area (Å²) < 4.78 is 6.01. The number of rotatable bonds is 7. The number of hydrogen-bond acceptors (Lipinski definition) is 7. The lowest BCUT2D eigenvalue weighted by Crippen LogP contribution is -1.98. The minimum absolute atomic E-state index is 0.0228. The smallest absolute Gasteiger partial charge is 0.206 e. The summed E-state index contributed by atoms with van der Waals surface area (Å²) in [7, 11) is 1.65. The third-order valence-electron chi connectivity index (χ3n) is 2.69. The fourth-order valence-electron chi connectivity index (χ4n) is 1.49. The van der Waals surface area contributed by atoms with Crippen molar-refractivity contribution in [2.75, 3.05) is 18.2 Å². The first-order valence-electron chi connectivity index (χ1n) is 6.44. The van der Waals surface area contributed by atoms with Crippen LogP contribution in [-0.4, -0.2) is 23.1 Å². The van der Waals surface area contributed by atoms with Gasteiger partial charge in [-0.05, 0) is 24.6 Å². The Labute approximate surface area is 132 Å². The lowest BCUT2D eigenvalue weighted by Gasteiger charge is -2.03. The minimum atomic E-state index is 0.0228. The van der Waals surface area contributed by atoms with Crippen molar-refractivity contribution in [1.82, 2.24) is 10.2 Å². The minimum Gasteiger partial charge on any atom is -0.497 e. The topological polar surface area (TPSA) is 70.8 Å². The summed E-state index contributed by atoms with van der Waals surface area (Å²) in [5, 5.41) is 21.0. The van der Waals surface area contributed by atoms with Gasteiger partial charge in [0.15, 0.2) is 4.34 Å². The number of hydrogen-bond donors (Lipinski definition) is 1. The first-order valence-corrected chi connectivity index (χ1v) is 8.24. The van der Waals surface area contributed by atoms with Crippen molar-refractivity contribution in [3.8, 4) is 11.8 Å². The number of nitrogens with zero attached hydrogens (tertiary/aromatic N) is 3. The van der Waals surface area contributed by atoms with Gasteiger partial charge in [0.2, 0.25) is 5.13 Å². The predicted octanol–water partition coefficient (Wildman–Crippen LogP) is 3.41. The lowest BCUT2D eigenvalue weighted by atomic mass is 10.2. The van der Waals surface area contributed by atoms with Gasteiger partial charge >= 0.3 is 0 Å². The number of benzene rings is 1. The molecule has 1 atom stereocenters. The van der Waals surface area contributed by atoms with Gasteiger partial charge in [-0.1, -0.05) is 35.2 Å². The van der Waals surface area contributed by atoms with Crippen molar-refractivity contribution >= 4 is 28.2 Å². The maximum atomic E-state index is 8.75. The van der Waals surface area contributed by atoms with Gasteiger partial charge in [-0.3, -0.25) is 0 Å². The number of aromatic nitrogens is 2. The van der Waals surface area contributed by atoms with Gasteiger partial charge in [0.05, 0.1) is 19.1 Å². The molecular weight excluding hydrogens is 304 g/mol. The fraction of sp³-hybridized carbons (Fsp3) is 0.357. The Morgan fingerprint density at radius 3 is 2.81 bits per heavy atom. The normalized spacial score (nSPS) is 11.7. The first kappa shape index (κ1) is 15.6. The summed E-state index contributed by atoms with van der Waals surface area (Å²) in [6.45, 7) is 2.59. The number of thioether (sulfide) groups is 1. The molecule has 2 rings (SSSR count). The molecule has 21 heavy (non-hydrogen) atoms. The number of nitriles is 1. The average Bonchev–Trinajstić information content (AvgIpc) is 2.99. The molecule has 0 spiro atoms. The highest BCUT2D eigenvalue weighted by Gasteiger charge is 2.07. The zero-order valence-corrected chi connectivity index (χ0v) is 13.5. The number of methoxy groups -OCH3 is 1. The van der Waals surface area contributed by atoms with Crippen molar-refractivity contribution in [2.24, 2.45) is 5.92 Å². The molecule has 0 radical (unpaired) electrons. The van der Waals surface area contributed by atoms with E-state index in [1.807, 2.05) is 31.2 Å². The Kier molecular flexibility index (Phi) is 5.84. The highest BCUT2D eigenvalue weighted by atomic mass is 32.2. The summed E-state index contributed by atoms with van der Waals surface area (Å²) in [4.78, 5) is 0. The third kappa shape index (κ3) is 4.92. The second kappa shape index (κ2) is 7.86. The number of nitrogens with one attached hydrogen (secondary N) is 1. The Morgan fingerprint density at radius 1 is 1.38 bits per heavy atom. The lowest BCUT2D eigenvalue weighted by molar-refractivity contribution is 0.414. The first-order chi connectivity index (χ1) is 10.2. The van der Waals surface area contributed by atoms with Crippen LogP contribution in [0.5, 0.6) is 5.75 Å². The van der Waals surface area contributed by atoms with E-state index in [9.17, 15) is 0 Å². The van der Waals surface area contributed by atoms with Gasteiger partial charge in [-0.2, -0.15) is 5.26 Å². The molecule has 1 heterocycles. The molecule has 2 aromatic rings. The van der Waals surface area contributed by atoms with Crippen LogP contribution in [0.25, 0.3) is 0 Å². The monoisotopic (exact) mass is 320 g/mol. The van der Waals surface area contributed by atoms with E-state index < -0.39 is 0 Å². The van der Waals surface area contributed by atoms with Crippen LogP contribution in [0.15, 0.2) is 28.6 Å². The quantitative estimate of drug-likeness (QED) is 0.788. The van der Waals surface area contributed by atoms with Gasteiger partial charge in [-0.15, -0.1) is 10.2 Å². The number of ether oxygens (including phenoxy) is 1. The molecule has 0 saturated heterocycles. The van der Waals surface area contributed by atoms with E-state index in [-0.39, 0.29) is 5.92 Å². The van der Waals surface area contributed by atoms with Gasteiger partial charge in [0, 0.05) is 12.3 Å². The molecule has 110 valence electrons. The van der Waals surface area contributed by atoms with E-state index in [0.29, 0.717) is 6.54 Å². The number of anilines is 1. The maximum Gasteiger partial charge on any atom is 0.206 e. The second-order valence-corrected chi connectivity index (χ2v) is 6.66. The summed E-state index contributed by atoms with van der Waals surface area (Å²) in [6.07, 6.45) is 0. The van der Waals surface area contributed by atoms with E-state index in [0.717, 1.165) is 26.5 Å². The van der Waals surface area contributed by atoms with Crippen LogP contribution < -0.4 is 10.1 Å². The molecule has 0 unspecified atom stereocenters. The molecule has 0 fully saturated rings. The van der Waals surface area contributed by atoms with Crippen molar-refractivity contribution < 1.29 is 4.74 Å². The average molecular weight is 320 g/mol. The molecule has 0 amide bonds. The fourth-order valence-corrected chi connectivity index (χ4v) is 3.21. The van der Waals surface area contributed by atoms with Crippen molar-refractivity contribution in [2.45, 2.75) is 17.8 Å². The van der Waals surface area contributed by atoms with Crippen LogP contribution in [0, 0.1) is 17.2 Å². The standard InChI is InChI=1S/C14H16N4OS2/c1-10(7-15)9-20-14-18-17-13(21-14)16-8-11-3-5-12(19-2)6-4-11/h3-6,10H,8-9H2,1-2H3,(H,16,17)/t10-/m0/s1. The van der Waals surface area contributed by atoms with Crippen LogP contribution in [0.1, 0.15) is 12.5 Å². The predicted molar refractivity (Wildman–Crippen MR) is 85.7 cm³/mol. The molecule has 1 N–H and O–H groups in total. The SMILES string of the molecule is COc1ccc(CNc2nnc(SC[C@@H](C)C#N)s2)cc1.